The minimum absolute atomic E-state index is 0.103. The zero-order valence-electron chi connectivity index (χ0n) is 17.6. The molecule has 0 spiro atoms. The molecule has 1 unspecified atom stereocenters. The highest BCUT2D eigenvalue weighted by atomic mass is 32.1. The minimum Gasteiger partial charge on any atom is -0.351 e. The van der Waals surface area contributed by atoms with Crippen LogP contribution in [0, 0.1) is 5.82 Å². The van der Waals surface area contributed by atoms with E-state index in [9.17, 15) is 14.0 Å². The van der Waals surface area contributed by atoms with Crippen LogP contribution < -0.4 is 5.32 Å². The summed E-state index contributed by atoms with van der Waals surface area (Å²) >= 11 is 0.940. The van der Waals surface area contributed by atoms with Crippen LogP contribution in [0.2, 0.25) is 0 Å². The lowest BCUT2D eigenvalue weighted by atomic mass is 9.94. The Kier molecular flexibility index (Phi) is 7.21. The average molecular weight is 453 g/mol. The topological polar surface area (TPSA) is 75.2 Å². The van der Waals surface area contributed by atoms with Crippen molar-refractivity contribution in [1.82, 2.24) is 19.0 Å². The van der Waals surface area contributed by atoms with E-state index < -0.39 is 11.9 Å². The SMILES string of the molecule is O=C(NC1CCCCC1)C(c1ccccc1)N(Cc1ccc(F)cc1)C(=O)c1cnsn1. The standard InChI is InChI=1S/C24H25FN4O2S/c25-19-13-11-17(12-14-19)16-29(24(31)21-15-26-32-28-21)22(18-7-3-1-4-8-18)23(30)27-20-9-5-2-6-10-20/h1,3-4,7-8,11-15,20,22H,2,5-6,9-10,16H2,(H,27,30). The Morgan fingerprint density at radius 2 is 1.78 bits per heavy atom. The Morgan fingerprint density at radius 1 is 1.06 bits per heavy atom. The highest BCUT2D eigenvalue weighted by Crippen LogP contribution is 2.27. The fourth-order valence-corrected chi connectivity index (χ4v) is 4.52. The Labute approximate surface area is 190 Å². The van der Waals surface area contributed by atoms with Gasteiger partial charge in [0.15, 0.2) is 5.69 Å². The predicted molar refractivity (Wildman–Crippen MR) is 120 cm³/mol. The van der Waals surface area contributed by atoms with Crippen LogP contribution in [0.3, 0.4) is 0 Å². The predicted octanol–water partition coefficient (Wildman–Crippen LogP) is 4.51. The van der Waals surface area contributed by atoms with Gasteiger partial charge < -0.3 is 10.2 Å². The zero-order chi connectivity index (χ0) is 22.3. The van der Waals surface area contributed by atoms with Gasteiger partial charge in [0, 0.05) is 12.6 Å². The molecular weight excluding hydrogens is 427 g/mol. The van der Waals surface area contributed by atoms with Crippen molar-refractivity contribution >= 4 is 23.5 Å². The lowest BCUT2D eigenvalue weighted by molar-refractivity contribution is -0.127. The summed E-state index contributed by atoms with van der Waals surface area (Å²) in [5, 5.41) is 3.17. The van der Waals surface area contributed by atoms with Crippen LogP contribution in [-0.2, 0) is 11.3 Å². The van der Waals surface area contributed by atoms with Crippen LogP contribution in [0.25, 0.3) is 0 Å². The molecule has 2 aromatic carbocycles. The highest BCUT2D eigenvalue weighted by molar-refractivity contribution is 6.99. The van der Waals surface area contributed by atoms with E-state index in [1.165, 1.54) is 29.7 Å². The molecule has 1 saturated carbocycles. The molecule has 0 radical (unpaired) electrons. The molecule has 1 fully saturated rings. The van der Waals surface area contributed by atoms with E-state index >= 15 is 0 Å². The van der Waals surface area contributed by atoms with Gasteiger partial charge in [-0.15, -0.1) is 0 Å². The lowest BCUT2D eigenvalue weighted by Gasteiger charge is -2.33. The van der Waals surface area contributed by atoms with Gasteiger partial charge in [0.2, 0.25) is 5.91 Å². The number of carbonyl (C=O) groups excluding carboxylic acids is 2. The van der Waals surface area contributed by atoms with Crippen molar-refractivity contribution in [2.24, 2.45) is 0 Å². The van der Waals surface area contributed by atoms with Crippen molar-refractivity contribution in [1.29, 1.82) is 0 Å². The van der Waals surface area contributed by atoms with Crippen molar-refractivity contribution in [2.45, 2.75) is 50.7 Å². The second-order valence-corrected chi connectivity index (χ2v) is 8.57. The molecule has 1 aliphatic carbocycles. The highest BCUT2D eigenvalue weighted by Gasteiger charge is 2.34. The first-order valence-corrected chi connectivity index (χ1v) is 11.5. The largest absolute Gasteiger partial charge is 0.351 e. The molecule has 1 aliphatic rings. The molecule has 32 heavy (non-hydrogen) atoms. The van der Waals surface area contributed by atoms with Gasteiger partial charge in [-0.3, -0.25) is 9.59 Å². The van der Waals surface area contributed by atoms with Gasteiger partial charge in [0.25, 0.3) is 5.91 Å². The Balaban J connectivity index is 1.70. The van der Waals surface area contributed by atoms with E-state index in [4.69, 9.17) is 0 Å². The first kappa shape index (κ1) is 22.1. The molecular formula is C24H25FN4O2S. The van der Waals surface area contributed by atoms with E-state index in [1.807, 2.05) is 30.3 Å². The molecule has 3 aromatic rings. The zero-order valence-corrected chi connectivity index (χ0v) is 18.4. The maximum atomic E-state index is 13.6. The first-order chi connectivity index (χ1) is 15.6. The number of hydrogen-bond donors (Lipinski definition) is 1. The second kappa shape index (κ2) is 10.5. The molecule has 1 heterocycles. The quantitative estimate of drug-likeness (QED) is 0.572. The summed E-state index contributed by atoms with van der Waals surface area (Å²) in [5.74, 6) is -0.970. The molecule has 4 rings (SSSR count). The molecule has 2 amide bonds. The van der Waals surface area contributed by atoms with Gasteiger partial charge in [-0.1, -0.05) is 61.7 Å². The minimum atomic E-state index is -0.850. The summed E-state index contributed by atoms with van der Waals surface area (Å²) in [5.41, 5.74) is 1.61. The monoisotopic (exact) mass is 452 g/mol. The van der Waals surface area contributed by atoms with Gasteiger partial charge >= 0.3 is 0 Å². The molecule has 6 nitrogen and oxygen atoms in total. The summed E-state index contributed by atoms with van der Waals surface area (Å²) in [4.78, 5) is 28.5. The second-order valence-electron chi connectivity index (χ2n) is 8.01. The van der Waals surface area contributed by atoms with Gasteiger partial charge in [0.1, 0.15) is 11.9 Å². The van der Waals surface area contributed by atoms with Crippen LogP contribution >= 0.6 is 11.7 Å². The number of amides is 2. The van der Waals surface area contributed by atoms with Gasteiger partial charge in [-0.05, 0) is 36.1 Å². The molecule has 166 valence electrons. The third kappa shape index (κ3) is 5.37. The number of rotatable bonds is 7. The number of carbonyl (C=O) groups is 2. The van der Waals surface area contributed by atoms with Crippen molar-refractivity contribution in [2.75, 3.05) is 0 Å². The van der Waals surface area contributed by atoms with Crippen LogP contribution in [0.5, 0.6) is 0 Å². The summed E-state index contributed by atoms with van der Waals surface area (Å²) in [6.07, 6.45) is 6.64. The smallest absolute Gasteiger partial charge is 0.276 e. The van der Waals surface area contributed by atoms with E-state index in [1.54, 1.807) is 12.1 Å². The van der Waals surface area contributed by atoms with Crippen LogP contribution in [0.15, 0.2) is 60.8 Å². The van der Waals surface area contributed by atoms with Crippen LogP contribution in [-0.4, -0.2) is 31.5 Å². The lowest BCUT2D eigenvalue weighted by Crippen LogP contribution is -2.47. The molecule has 1 N–H and O–H groups in total. The van der Waals surface area contributed by atoms with E-state index in [2.05, 4.69) is 14.1 Å². The number of halogens is 1. The molecule has 0 aliphatic heterocycles. The van der Waals surface area contributed by atoms with Crippen LogP contribution in [0.4, 0.5) is 4.39 Å². The van der Waals surface area contributed by atoms with E-state index in [-0.39, 0.29) is 30.0 Å². The van der Waals surface area contributed by atoms with Crippen molar-refractivity contribution in [3.63, 3.8) is 0 Å². The Bertz CT molecular complexity index is 1020. The Morgan fingerprint density at radius 3 is 2.44 bits per heavy atom. The third-order valence-corrected chi connectivity index (χ3v) is 6.21. The molecule has 8 heteroatoms. The van der Waals surface area contributed by atoms with Gasteiger partial charge in [0.05, 0.1) is 17.9 Å². The normalized spacial score (nSPS) is 15.2. The molecule has 1 aromatic heterocycles. The van der Waals surface area contributed by atoms with E-state index in [0.717, 1.165) is 37.4 Å². The summed E-state index contributed by atoms with van der Waals surface area (Å²) in [7, 11) is 0. The van der Waals surface area contributed by atoms with Crippen molar-refractivity contribution < 1.29 is 14.0 Å². The maximum Gasteiger partial charge on any atom is 0.276 e. The summed E-state index contributed by atoms with van der Waals surface area (Å²) in [6, 6.07) is 14.4. The fourth-order valence-electron chi connectivity index (χ4n) is 4.11. The Hall–Kier alpha value is -3.13. The van der Waals surface area contributed by atoms with E-state index in [0.29, 0.717) is 11.1 Å². The van der Waals surface area contributed by atoms with Crippen LogP contribution in [0.1, 0.15) is 59.8 Å². The summed E-state index contributed by atoms with van der Waals surface area (Å²) < 4.78 is 21.5. The number of nitrogens with one attached hydrogen (secondary N) is 1. The third-order valence-electron chi connectivity index (χ3n) is 5.73. The van der Waals surface area contributed by atoms with Crippen molar-refractivity contribution in [3.05, 3.63) is 83.4 Å². The molecule has 0 bridgehead atoms. The maximum absolute atomic E-state index is 13.6. The number of aromatic nitrogens is 2. The first-order valence-electron chi connectivity index (χ1n) is 10.8. The molecule has 1 atom stereocenters. The molecule has 0 saturated heterocycles. The fraction of sp³-hybridized carbons (Fsp3) is 0.333. The number of benzene rings is 2. The van der Waals surface area contributed by atoms with Crippen molar-refractivity contribution in [3.8, 4) is 0 Å². The number of nitrogens with zero attached hydrogens (tertiary/aromatic N) is 3. The average Bonchev–Trinajstić information content (AvgIpc) is 3.36. The van der Waals surface area contributed by atoms with Gasteiger partial charge in [-0.2, -0.15) is 8.75 Å². The number of hydrogen-bond acceptors (Lipinski definition) is 5. The summed E-state index contributed by atoms with van der Waals surface area (Å²) in [6.45, 7) is 0.133. The van der Waals surface area contributed by atoms with Gasteiger partial charge in [-0.25, -0.2) is 4.39 Å².